The molecule has 0 saturated carbocycles. The molecule has 3 aliphatic heterocycles. The number of ether oxygens (including phenoxy) is 3. The molecular formula is C44H53N9O7. The number of carbonyl (C=O) groups is 4. The van der Waals surface area contributed by atoms with Crippen LogP contribution < -0.4 is 15.4 Å². The number of aromatic amines is 2. The molecule has 16 heteroatoms. The Hall–Kier alpha value is -6.32. The molecule has 2 aromatic carbocycles. The molecule has 0 spiro atoms. The van der Waals surface area contributed by atoms with Crippen molar-refractivity contribution < 1.29 is 33.4 Å². The van der Waals surface area contributed by atoms with Crippen molar-refractivity contribution >= 4 is 34.9 Å². The van der Waals surface area contributed by atoms with Crippen LogP contribution in [0.25, 0.3) is 44.7 Å². The minimum atomic E-state index is -0.705. The SMILES string of the molecule is COC(=O)NC(C(=O)N1CCC[C@H]1c1ncc(-c2ccc3c(c2)COc2c-3n(C)c3ccc(-c4cnc([C@@H]5CCCN5C(=O)C(NC(=O)OC)C(C)C)[nH]4)cc23)[nH]1)C(C)C. The number of rotatable bonds is 10. The predicted octanol–water partition coefficient (Wildman–Crippen LogP) is 6.61. The average Bonchev–Trinajstić information content (AvgIpc) is 4.11. The molecule has 0 radical (unpaired) electrons. The van der Waals surface area contributed by atoms with Gasteiger partial charge in [0.25, 0.3) is 0 Å². The van der Waals surface area contributed by atoms with Gasteiger partial charge in [0.05, 0.1) is 61.3 Å². The van der Waals surface area contributed by atoms with Crippen LogP contribution in [0.5, 0.6) is 5.75 Å². The third-order valence-electron chi connectivity index (χ3n) is 12.2. The molecule has 2 unspecified atom stereocenters. The Kier molecular flexibility index (Phi) is 11.0. The third-order valence-corrected chi connectivity index (χ3v) is 12.2. The average molecular weight is 820 g/mol. The number of likely N-dealkylation sites (tertiary alicyclic amines) is 2. The quantitative estimate of drug-likeness (QED) is 0.120. The van der Waals surface area contributed by atoms with Gasteiger partial charge in [-0.1, -0.05) is 45.9 Å². The predicted molar refractivity (Wildman–Crippen MR) is 224 cm³/mol. The fourth-order valence-corrected chi connectivity index (χ4v) is 8.98. The van der Waals surface area contributed by atoms with Gasteiger partial charge in [0.1, 0.15) is 30.3 Å². The van der Waals surface area contributed by atoms with Crippen molar-refractivity contribution in [2.45, 2.75) is 84.2 Å². The van der Waals surface area contributed by atoms with E-state index in [1.807, 2.05) is 56.9 Å². The van der Waals surface area contributed by atoms with Gasteiger partial charge in [-0.05, 0) is 66.8 Å². The van der Waals surface area contributed by atoms with E-state index in [-0.39, 0.29) is 35.7 Å². The lowest BCUT2D eigenvalue weighted by atomic mass is 9.98. The van der Waals surface area contributed by atoms with Crippen LogP contribution in [0.4, 0.5) is 9.59 Å². The number of amides is 4. The number of fused-ring (bicyclic) bond motifs is 5. The highest BCUT2D eigenvalue weighted by atomic mass is 16.5. The second kappa shape index (κ2) is 16.4. The first-order chi connectivity index (χ1) is 28.9. The summed E-state index contributed by atoms with van der Waals surface area (Å²) < 4.78 is 18.3. The molecule has 3 aliphatic rings. The number of hydrogen-bond acceptors (Lipinski definition) is 9. The molecule has 4 atom stereocenters. The van der Waals surface area contributed by atoms with Gasteiger partial charge in [-0.25, -0.2) is 19.6 Å². The summed E-state index contributed by atoms with van der Waals surface area (Å²) in [5.74, 6) is 1.70. The number of alkyl carbamates (subject to hydrolysis) is 2. The van der Waals surface area contributed by atoms with Crippen molar-refractivity contribution in [2.75, 3.05) is 27.3 Å². The highest BCUT2D eigenvalue weighted by molar-refractivity contribution is 5.99. The Morgan fingerprint density at radius 2 is 1.28 bits per heavy atom. The van der Waals surface area contributed by atoms with Crippen molar-refractivity contribution in [1.29, 1.82) is 0 Å². The molecule has 4 N–H and O–H groups in total. The zero-order valence-corrected chi connectivity index (χ0v) is 35.1. The molecule has 2 saturated heterocycles. The fraction of sp³-hybridized carbons (Fsp3) is 0.455. The van der Waals surface area contributed by atoms with Crippen LogP contribution >= 0.6 is 0 Å². The Morgan fingerprint density at radius 1 is 0.767 bits per heavy atom. The Morgan fingerprint density at radius 3 is 1.80 bits per heavy atom. The first-order valence-corrected chi connectivity index (χ1v) is 20.7. The molecule has 60 heavy (non-hydrogen) atoms. The first kappa shape index (κ1) is 40.5. The van der Waals surface area contributed by atoms with Gasteiger partial charge in [0, 0.05) is 36.7 Å². The van der Waals surface area contributed by atoms with E-state index >= 15 is 0 Å². The Bertz CT molecular complexity index is 2450. The Labute approximate surface area is 348 Å². The smallest absolute Gasteiger partial charge is 0.407 e. The van der Waals surface area contributed by atoms with E-state index in [1.54, 1.807) is 0 Å². The number of H-pyrrole nitrogens is 2. The van der Waals surface area contributed by atoms with Crippen LogP contribution in [0.3, 0.4) is 0 Å². The van der Waals surface area contributed by atoms with Gasteiger partial charge in [-0.2, -0.15) is 0 Å². The molecule has 0 aliphatic carbocycles. The highest BCUT2D eigenvalue weighted by Crippen LogP contribution is 2.46. The number of hydrogen-bond donors (Lipinski definition) is 4. The number of carbonyl (C=O) groups excluding carboxylic acids is 4. The van der Waals surface area contributed by atoms with Crippen molar-refractivity contribution in [3.8, 4) is 39.5 Å². The standard InChI is InChI=1S/C44H53N9O7/c1-23(2)35(49-43(56)58-6)41(54)52-16-8-10-33(52)39-45-20-30(47-39)25-12-14-28-27(18-25)22-60-38-29-19-26(13-15-32(29)51(5)37(28)38)31-21-46-40(48-31)34-11-9-17-53(34)42(55)36(24(3)4)50-44(57)59-7/h12-15,18-21,23-24,33-36H,8-11,16-17,22H2,1-7H3,(H,45,47)(H,46,48)(H,49,56)(H,50,57)/t33-,34-,35?,36?/m0/s1. The van der Waals surface area contributed by atoms with E-state index in [0.29, 0.717) is 31.3 Å². The maximum Gasteiger partial charge on any atom is 0.407 e. The molecule has 316 valence electrons. The summed E-state index contributed by atoms with van der Waals surface area (Å²) in [4.78, 5) is 71.5. The largest absolute Gasteiger partial charge is 0.486 e. The first-order valence-electron chi connectivity index (χ1n) is 20.7. The zero-order valence-electron chi connectivity index (χ0n) is 35.1. The topological polar surface area (TPSA) is 189 Å². The lowest BCUT2D eigenvalue weighted by molar-refractivity contribution is -0.136. The minimum Gasteiger partial charge on any atom is -0.486 e. The molecule has 3 aromatic heterocycles. The van der Waals surface area contributed by atoms with Crippen LogP contribution in [0.15, 0.2) is 48.8 Å². The summed E-state index contributed by atoms with van der Waals surface area (Å²) in [6, 6.07) is 10.7. The zero-order chi connectivity index (χ0) is 42.4. The molecule has 6 heterocycles. The summed E-state index contributed by atoms with van der Waals surface area (Å²) in [7, 11) is 4.63. The molecule has 16 nitrogen and oxygen atoms in total. The number of aryl methyl sites for hydroxylation is 1. The van der Waals surface area contributed by atoms with E-state index in [2.05, 4.69) is 61.6 Å². The number of imidazole rings is 2. The van der Waals surface area contributed by atoms with Gasteiger partial charge in [0.15, 0.2) is 5.75 Å². The van der Waals surface area contributed by atoms with Gasteiger partial charge in [-0.15, -0.1) is 0 Å². The number of aromatic nitrogens is 5. The van der Waals surface area contributed by atoms with Crippen molar-refractivity contribution in [1.82, 2.24) is 44.9 Å². The lowest BCUT2D eigenvalue weighted by Crippen LogP contribution is -2.51. The monoisotopic (exact) mass is 819 g/mol. The van der Waals surface area contributed by atoms with Crippen LogP contribution in [0.1, 0.15) is 82.7 Å². The molecular weight excluding hydrogens is 767 g/mol. The normalized spacial score (nSPS) is 18.3. The van der Waals surface area contributed by atoms with Crippen molar-refractivity contribution in [3.05, 3.63) is 66.0 Å². The summed E-state index contributed by atoms with van der Waals surface area (Å²) in [6.07, 6.45) is 5.56. The molecule has 5 aromatic rings. The molecule has 2 fully saturated rings. The number of benzene rings is 2. The van der Waals surface area contributed by atoms with Crippen LogP contribution in [0.2, 0.25) is 0 Å². The van der Waals surface area contributed by atoms with Crippen LogP contribution in [0, 0.1) is 11.8 Å². The number of nitrogens with zero attached hydrogens (tertiary/aromatic N) is 5. The van der Waals surface area contributed by atoms with Gasteiger partial charge < -0.3 is 49.2 Å². The maximum absolute atomic E-state index is 13.7. The number of nitrogens with one attached hydrogen (secondary N) is 4. The summed E-state index contributed by atoms with van der Waals surface area (Å²) in [5, 5.41) is 6.40. The van der Waals surface area contributed by atoms with E-state index in [4.69, 9.17) is 24.2 Å². The van der Waals surface area contributed by atoms with E-state index in [9.17, 15) is 19.2 Å². The highest BCUT2D eigenvalue weighted by Gasteiger charge is 2.39. The Balaban J connectivity index is 1.02. The van der Waals surface area contributed by atoms with Crippen LogP contribution in [-0.4, -0.2) is 97.7 Å². The van der Waals surface area contributed by atoms with E-state index in [0.717, 1.165) is 81.7 Å². The third kappa shape index (κ3) is 7.32. The second-order valence-corrected chi connectivity index (χ2v) is 16.6. The number of methoxy groups -OCH3 is 2. The van der Waals surface area contributed by atoms with Crippen molar-refractivity contribution in [3.63, 3.8) is 0 Å². The van der Waals surface area contributed by atoms with E-state index in [1.165, 1.54) is 14.2 Å². The second-order valence-electron chi connectivity index (χ2n) is 16.6. The lowest BCUT2D eigenvalue weighted by Gasteiger charge is -2.30. The van der Waals surface area contributed by atoms with E-state index < -0.39 is 24.3 Å². The maximum atomic E-state index is 13.7. The fourth-order valence-electron chi connectivity index (χ4n) is 8.98. The minimum absolute atomic E-state index is 0.117. The van der Waals surface area contributed by atoms with Gasteiger partial charge in [0.2, 0.25) is 11.8 Å². The van der Waals surface area contributed by atoms with Crippen LogP contribution in [-0.2, 0) is 32.7 Å². The summed E-state index contributed by atoms with van der Waals surface area (Å²) in [6.45, 7) is 9.15. The molecule has 4 amide bonds. The summed E-state index contributed by atoms with van der Waals surface area (Å²) in [5.41, 5.74) is 7.73. The van der Waals surface area contributed by atoms with Gasteiger partial charge in [-0.3, -0.25) is 9.59 Å². The summed E-state index contributed by atoms with van der Waals surface area (Å²) >= 11 is 0. The molecule has 0 bridgehead atoms. The van der Waals surface area contributed by atoms with Gasteiger partial charge >= 0.3 is 12.2 Å². The molecule has 8 rings (SSSR count). The van der Waals surface area contributed by atoms with Crippen molar-refractivity contribution in [2.24, 2.45) is 18.9 Å².